The first-order valence-corrected chi connectivity index (χ1v) is 9.04. The van der Waals surface area contributed by atoms with Crippen molar-refractivity contribution in [1.82, 2.24) is 10.2 Å². The zero-order chi connectivity index (χ0) is 18.5. The second-order valence-corrected chi connectivity index (χ2v) is 5.96. The number of likely N-dealkylation sites (N-methyl/N-ethyl adjacent to an activating group) is 1. The third-order valence-electron chi connectivity index (χ3n) is 4.05. The summed E-state index contributed by atoms with van der Waals surface area (Å²) in [6.07, 6.45) is 0.464. The van der Waals surface area contributed by atoms with Crippen molar-refractivity contribution in [3.05, 3.63) is 23.8 Å². The molecule has 0 aliphatic heterocycles. The number of nitrogens with zero attached hydrogens (tertiary/aromatic N) is 1. The Bertz CT molecular complexity index is 467. The summed E-state index contributed by atoms with van der Waals surface area (Å²) in [7, 11) is 3.34. The Kier molecular flexibility index (Phi) is 11.2. The number of methoxy groups -OCH3 is 2. The molecular formula is C19H34N2O4. The van der Waals surface area contributed by atoms with E-state index < -0.39 is 6.10 Å². The van der Waals surface area contributed by atoms with Crippen LogP contribution in [-0.2, 0) is 11.3 Å². The summed E-state index contributed by atoms with van der Waals surface area (Å²) in [6.45, 7) is 9.31. The Morgan fingerprint density at radius 1 is 1.16 bits per heavy atom. The molecule has 0 bridgehead atoms. The lowest BCUT2D eigenvalue weighted by atomic mass is 10.2. The topological polar surface area (TPSA) is 63.2 Å². The van der Waals surface area contributed by atoms with E-state index >= 15 is 0 Å². The average molecular weight is 354 g/mol. The van der Waals surface area contributed by atoms with Crippen LogP contribution in [0.5, 0.6) is 11.5 Å². The lowest BCUT2D eigenvalue weighted by Gasteiger charge is -2.22. The summed E-state index contributed by atoms with van der Waals surface area (Å²) in [5, 5.41) is 13.5. The number of hydrogen-bond acceptors (Lipinski definition) is 6. The number of aliphatic hydroxyl groups is 1. The second-order valence-electron chi connectivity index (χ2n) is 5.96. The van der Waals surface area contributed by atoms with Gasteiger partial charge in [-0.3, -0.25) is 0 Å². The maximum Gasteiger partial charge on any atom is 0.161 e. The van der Waals surface area contributed by atoms with E-state index in [9.17, 15) is 5.11 Å². The summed E-state index contributed by atoms with van der Waals surface area (Å²) in [4.78, 5) is 2.17. The molecule has 0 amide bonds. The van der Waals surface area contributed by atoms with Gasteiger partial charge >= 0.3 is 0 Å². The molecule has 0 aromatic heterocycles. The molecule has 0 radical (unpaired) electrons. The van der Waals surface area contributed by atoms with Crippen LogP contribution < -0.4 is 14.8 Å². The van der Waals surface area contributed by atoms with Gasteiger partial charge in [0.2, 0.25) is 0 Å². The van der Waals surface area contributed by atoms with Crippen LogP contribution in [0.25, 0.3) is 0 Å². The van der Waals surface area contributed by atoms with Crippen molar-refractivity contribution in [2.45, 2.75) is 32.9 Å². The first kappa shape index (κ1) is 21.7. The fraction of sp³-hybridized carbons (Fsp3) is 0.684. The Morgan fingerprint density at radius 3 is 2.56 bits per heavy atom. The van der Waals surface area contributed by atoms with Crippen LogP contribution in [0.1, 0.15) is 25.8 Å². The molecule has 0 heterocycles. The van der Waals surface area contributed by atoms with Crippen molar-refractivity contribution in [2.24, 2.45) is 0 Å². The highest BCUT2D eigenvalue weighted by molar-refractivity contribution is 5.43. The summed E-state index contributed by atoms with van der Waals surface area (Å²) >= 11 is 0. The molecule has 6 heteroatoms. The number of aliphatic hydroxyl groups excluding tert-OH is 1. The van der Waals surface area contributed by atoms with Crippen LogP contribution >= 0.6 is 0 Å². The average Bonchev–Trinajstić information content (AvgIpc) is 2.64. The van der Waals surface area contributed by atoms with Crippen LogP contribution in [0.4, 0.5) is 0 Å². The zero-order valence-corrected chi connectivity index (χ0v) is 16.1. The molecule has 25 heavy (non-hydrogen) atoms. The lowest BCUT2D eigenvalue weighted by molar-refractivity contribution is 0.0705. The van der Waals surface area contributed by atoms with Crippen molar-refractivity contribution in [2.75, 3.05) is 53.6 Å². The molecule has 0 saturated carbocycles. The number of rotatable bonds is 14. The van der Waals surface area contributed by atoms with Gasteiger partial charge in [-0.25, -0.2) is 0 Å². The van der Waals surface area contributed by atoms with E-state index in [1.807, 2.05) is 18.2 Å². The third-order valence-corrected chi connectivity index (χ3v) is 4.05. The molecule has 144 valence electrons. The van der Waals surface area contributed by atoms with Gasteiger partial charge in [0.25, 0.3) is 0 Å². The van der Waals surface area contributed by atoms with E-state index in [-0.39, 0.29) is 6.61 Å². The molecule has 2 N–H and O–H groups in total. The van der Waals surface area contributed by atoms with Crippen molar-refractivity contribution in [3.63, 3.8) is 0 Å². The van der Waals surface area contributed by atoms with Gasteiger partial charge in [0, 0.05) is 26.8 Å². The standard InChI is InChI=1S/C19H34N2O4/c1-5-21(6-2)14-17(22)15-25-18-9-8-16(12-19(18)24-4)13-20-10-7-11-23-3/h8-9,12,17,20,22H,5-7,10-11,13-15H2,1-4H3/t17-/m1/s1. The summed E-state index contributed by atoms with van der Waals surface area (Å²) in [6, 6.07) is 5.88. The molecule has 1 rings (SSSR count). The van der Waals surface area contributed by atoms with Gasteiger partial charge in [-0.15, -0.1) is 0 Å². The maximum absolute atomic E-state index is 10.1. The van der Waals surface area contributed by atoms with Gasteiger partial charge in [-0.2, -0.15) is 0 Å². The number of benzene rings is 1. The molecule has 0 spiro atoms. The molecule has 0 aliphatic rings. The number of ether oxygens (including phenoxy) is 3. The van der Waals surface area contributed by atoms with E-state index in [2.05, 4.69) is 24.1 Å². The first-order valence-electron chi connectivity index (χ1n) is 9.04. The van der Waals surface area contributed by atoms with Crippen LogP contribution in [-0.4, -0.2) is 69.7 Å². The van der Waals surface area contributed by atoms with Crippen LogP contribution in [0.3, 0.4) is 0 Å². The smallest absolute Gasteiger partial charge is 0.161 e. The monoisotopic (exact) mass is 354 g/mol. The molecular weight excluding hydrogens is 320 g/mol. The van der Waals surface area contributed by atoms with Crippen LogP contribution in [0, 0.1) is 0 Å². The summed E-state index contributed by atoms with van der Waals surface area (Å²) in [5.41, 5.74) is 1.13. The fourth-order valence-electron chi connectivity index (χ4n) is 2.53. The van der Waals surface area contributed by atoms with Gasteiger partial charge in [0.1, 0.15) is 12.7 Å². The number of nitrogens with one attached hydrogen (secondary N) is 1. The van der Waals surface area contributed by atoms with Gasteiger partial charge in [0.05, 0.1) is 7.11 Å². The third kappa shape index (κ3) is 8.54. The normalized spacial score (nSPS) is 12.4. The predicted octanol–water partition coefficient (Wildman–Crippen LogP) is 1.90. The Morgan fingerprint density at radius 2 is 1.92 bits per heavy atom. The predicted molar refractivity (Wildman–Crippen MR) is 100 cm³/mol. The van der Waals surface area contributed by atoms with E-state index in [0.29, 0.717) is 18.0 Å². The van der Waals surface area contributed by atoms with Gasteiger partial charge in [-0.1, -0.05) is 19.9 Å². The quantitative estimate of drug-likeness (QED) is 0.498. The molecule has 1 aromatic carbocycles. The van der Waals surface area contributed by atoms with Gasteiger partial charge in [-0.05, 0) is 43.8 Å². The lowest BCUT2D eigenvalue weighted by Crippen LogP contribution is -2.35. The van der Waals surface area contributed by atoms with Gasteiger partial charge in [0.15, 0.2) is 11.5 Å². The molecule has 1 aromatic rings. The van der Waals surface area contributed by atoms with Crippen molar-refractivity contribution >= 4 is 0 Å². The minimum absolute atomic E-state index is 0.251. The molecule has 0 unspecified atom stereocenters. The van der Waals surface area contributed by atoms with Crippen LogP contribution in [0.2, 0.25) is 0 Å². The van der Waals surface area contributed by atoms with E-state index in [0.717, 1.165) is 44.8 Å². The Balaban J connectivity index is 2.48. The highest BCUT2D eigenvalue weighted by Gasteiger charge is 2.12. The second kappa shape index (κ2) is 12.9. The summed E-state index contributed by atoms with van der Waals surface area (Å²) in [5.74, 6) is 1.34. The van der Waals surface area contributed by atoms with Gasteiger partial charge < -0.3 is 29.5 Å². The van der Waals surface area contributed by atoms with E-state index in [4.69, 9.17) is 14.2 Å². The van der Waals surface area contributed by atoms with Crippen LogP contribution in [0.15, 0.2) is 18.2 Å². The molecule has 0 fully saturated rings. The fourth-order valence-corrected chi connectivity index (χ4v) is 2.53. The Hall–Kier alpha value is -1.34. The van der Waals surface area contributed by atoms with Crippen molar-refractivity contribution < 1.29 is 19.3 Å². The molecule has 0 saturated heterocycles. The highest BCUT2D eigenvalue weighted by Crippen LogP contribution is 2.28. The summed E-state index contributed by atoms with van der Waals surface area (Å²) < 4.78 is 16.2. The first-order chi connectivity index (χ1) is 12.1. The minimum atomic E-state index is -0.522. The zero-order valence-electron chi connectivity index (χ0n) is 16.1. The minimum Gasteiger partial charge on any atom is -0.493 e. The van der Waals surface area contributed by atoms with Crippen molar-refractivity contribution in [3.8, 4) is 11.5 Å². The SMILES string of the molecule is CCN(CC)C[C@@H](O)COc1ccc(CNCCCOC)cc1OC. The number of hydrogen-bond donors (Lipinski definition) is 2. The Labute approximate surface area is 152 Å². The van der Waals surface area contributed by atoms with E-state index in [1.54, 1.807) is 14.2 Å². The largest absolute Gasteiger partial charge is 0.493 e. The highest BCUT2D eigenvalue weighted by atomic mass is 16.5. The molecule has 1 atom stereocenters. The molecule has 0 aliphatic carbocycles. The van der Waals surface area contributed by atoms with Crippen molar-refractivity contribution in [1.29, 1.82) is 0 Å². The van der Waals surface area contributed by atoms with E-state index in [1.165, 1.54) is 0 Å². The maximum atomic E-state index is 10.1. The molecule has 6 nitrogen and oxygen atoms in total.